The monoisotopic (exact) mass is 192 g/mol. The molecule has 1 N–H and O–H groups in total. The lowest BCUT2D eigenvalue weighted by Gasteiger charge is -2.09. The van der Waals surface area contributed by atoms with Crippen molar-refractivity contribution >= 4 is 5.97 Å². The van der Waals surface area contributed by atoms with E-state index in [9.17, 15) is 4.79 Å². The molecule has 0 saturated carbocycles. The number of hydrogen-bond donors (Lipinski definition) is 1. The van der Waals surface area contributed by atoms with Crippen molar-refractivity contribution in [2.75, 3.05) is 0 Å². The van der Waals surface area contributed by atoms with Crippen LogP contribution in [0.25, 0.3) is 0 Å². The molecule has 2 heteroatoms. The average Bonchev–Trinajstić information content (AvgIpc) is 2.07. The van der Waals surface area contributed by atoms with Crippen LogP contribution in [0.1, 0.15) is 36.5 Å². The molecule has 0 aromatic heterocycles. The fraction of sp³-hybridized carbons (Fsp3) is 0.417. The summed E-state index contributed by atoms with van der Waals surface area (Å²) in [4.78, 5) is 10.6. The summed E-state index contributed by atoms with van der Waals surface area (Å²) >= 11 is 0. The lowest BCUT2D eigenvalue weighted by molar-refractivity contribution is -0.136. The van der Waals surface area contributed by atoms with Gasteiger partial charge in [0.15, 0.2) is 0 Å². The van der Waals surface area contributed by atoms with Crippen molar-refractivity contribution in [3.63, 3.8) is 0 Å². The Kier molecular flexibility index (Phi) is 3.28. The van der Waals surface area contributed by atoms with Crippen LogP contribution in [0, 0.1) is 6.92 Å². The fourth-order valence-corrected chi connectivity index (χ4v) is 1.40. The van der Waals surface area contributed by atoms with Gasteiger partial charge in [-0.25, -0.2) is 0 Å². The van der Waals surface area contributed by atoms with Crippen LogP contribution < -0.4 is 0 Å². The van der Waals surface area contributed by atoms with Gasteiger partial charge in [0.05, 0.1) is 6.42 Å². The average molecular weight is 192 g/mol. The second kappa shape index (κ2) is 4.27. The standard InChI is InChI=1S/C12H16O2/c1-8(2)10-5-4-9(3)11(6-10)7-12(13)14/h4-6,8H,7H2,1-3H3,(H,13,14). The first kappa shape index (κ1) is 10.8. The van der Waals surface area contributed by atoms with Gasteiger partial charge in [-0.05, 0) is 29.5 Å². The van der Waals surface area contributed by atoms with Crippen LogP contribution >= 0.6 is 0 Å². The molecule has 0 amide bonds. The number of carboxylic acids is 1. The van der Waals surface area contributed by atoms with Gasteiger partial charge in [0.2, 0.25) is 0 Å². The molecule has 1 aromatic rings. The summed E-state index contributed by atoms with van der Waals surface area (Å²) in [5.74, 6) is -0.322. The van der Waals surface area contributed by atoms with E-state index in [0.29, 0.717) is 5.92 Å². The number of aliphatic carboxylic acids is 1. The van der Waals surface area contributed by atoms with Crippen molar-refractivity contribution in [3.05, 3.63) is 34.9 Å². The number of hydrogen-bond acceptors (Lipinski definition) is 1. The van der Waals surface area contributed by atoms with Crippen molar-refractivity contribution in [3.8, 4) is 0 Å². The second-order valence-corrected chi connectivity index (χ2v) is 3.91. The number of aryl methyl sites for hydroxylation is 1. The molecule has 0 aliphatic heterocycles. The van der Waals surface area contributed by atoms with Crippen LogP contribution in [0.15, 0.2) is 18.2 Å². The largest absolute Gasteiger partial charge is 0.481 e. The maximum Gasteiger partial charge on any atom is 0.307 e. The quantitative estimate of drug-likeness (QED) is 0.799. The van der Waals surface area contributed by atoms with Gasteiger partial charge in [-0.3, -0.25) is 4.79 Å². The van der Waals surface area contributed by atoms with Gasteiger partial charge in [-0.2, -0.15) is 0 Å². The van der Waals surface area contributed by atoms with Gasteiger partial charge in [0.1, 0.15) is 0 Å². The van der Waals surface area contributed by atoms with E-state index in [2.05, 4.69) is 19.9 Å². The van der Waals surface area contributed by atoms with Gasteiger partial charge in [-0.1, -0.05) is 32.0 Å². The van der Waals surface area contributed by atoms with E-state index in [4.69, 9.17) is 5.11 Å². The van der Waals surface area contributed by atoms with E-state index in [-0.39, 0.29) is 6.42 Å². The highest BCUT2D eigenvalue weighted by molar-refractivity contribution is 5.70. The van der Waals surface area contributed by atoms with Crippen molar-refractivity contribution in [1.29, 1.82) is 0 Å². The number of rotatable bonds is 3. The Hall–Kier alpha value is -1.31. The third-order valence-electron chi connectivity index (χ3n) is 2.38. The molecule has 2 nitrogen and oxygen atoms in total. The predicted octanol–water partition coefficient (Wildman–Crippen LogP) is 2.75. The van der Waals surface area contributed by atoms with Crippen molar-refractivity contribution in [2.45, 2.75) is 33.1 Å². The Morgan fingerprint density at radius 1 is 1.43 bits per heavy atom. The fourth-order valence-electron chi connectivity index (χ4n) is 1.40. The zero-order valence-corrected chi connectivity index (χ0v) is 8.87. The lowest BCUT2D eigenvalue weighted by Crippen LogP contribution is -2.03. The Morgan fingerprint density at radius 3 is 2.57 bits per heavy atom. The SMILES string of the molecule is Cc1ccc(C(C)C)cc1CC(=O)O. The summed E-state index contributed by atoms with van der Waals surface area (Å²) < 4.78 is 0. The van der Waals surface area contributed by atoms with E-state index >= 15 is 0 Å². The van der Waals surface area contributed by atoms with E-state index in [1.165, 1.54) is 5.56 Å². The first-order valence-corrected chi connectivity index (χ1v) is 4.82. The smallest absolute Gasteiger partial charge is 0.307 e. The molecule has 0 saturated heterocycles. The zero-order chi connectivity index (χ0) is 10.7. The highest BCUT2D eigenvalue weighted by Gasteiger charge is 2.06. The first-order valence-electron chi connectivity index (χ1n) is 4.82. The maximum absolute atomic E-state index is 10.6. The van der Waals surface area contributed by atoms with E-state index in [1.54, 1.807) is 0 Å². The van der Waals surface area contributed by atoms with Crippen molar-refractivity contribution in [1.82, 2.24) is 0 Å². The van der Waals surface area contributed by atoms with Gasteiger partial charge in [-0.15, -0.1) is 0 Å². The Morgan fingerprint density at radius 2 is 2.07 bits per heavy atom. The van der Waals surface area contributed by atoms with Crippen LogP contribution in [0.5, 0.6) is 0 Å². The second-order valence-electron chi connectivity index (χ2n) is 3.91. The molecule has 0 unspecified atom stereocenters. The van der Waals surface area contributed by atoms with Crippen molar-refractivity contribution in [2.24, 2.45) is 0 Å². The molecular formula is C12H16O2. The minimum Gasteiger partial charge on any atom is -0.481 e. The maximum atomic E-state index is 10.6. The number of carbonyl (C=O) groups is 1. The molecule has 14 heavy (non-hydrogen) atoms. The Balaban J connectivity index is 3.02. The predicted molar refractivity (Wildman–Crippen MR) is 56.6 cm³/mol. The molecule has 1 aromatic carbocycles. The minimum atomic E-state index is -0.769. The van der Waals surface area contributed by atoms with Crippen molar-refractivity contribution < 1.29 is 9.90 Å². The number of carboxylic acid groups (broad SMARTS) is 1. The molecule has 0 bridgehead atoms. The van der Waals surface area contributed by atoms with E-state index in [0.717, 1.165) is 11.1 Å². The van der Waals surface area contributed by atoms with Crippen LogP contribution in [0.4, 0.5) is 0 Å². The molecule has 0 fully saturated rings. The Bertz CT molecular complexity index is 340. The lowest BCUT2D eigenvalue weighted by atomic mass is 9.96. The van der Waals surface area contributed by atoms with Gasteiger partial charge >= 0.3 is 5.97 Å². The zero-order valence-electron chi connectivity index (χ0n) is 8.87. The normalized spacial score (nSPS) is 10.6. The molecule has 0 heterocycles. The molecule has 0 spiro atoms. The Labute approximate surface area is 84.6 Å². The molecule has 76 valence electrons. The molecule has 0 aliphatic carbocycles. The van der Waals surface area contributed by atoms with Gasteiger partial charge in [0.25, 0.3) is 0 Å². The van der Waals surface area contributed by atoms with Gasteiger partial charge < -0.3 is 5.11 Å². The highest BCUT2D eigenvalue weighted by Crippen LogP contribution is 2.18. The number of benzene rings is 1. The first-order chi connectivity index (χ1) is 6.50. The molecular weight excluding hydrogens is 176 g/mol. The summed E-state index contributed by atoms with van der Waals surface area (Å²) in [5.41, 5.74) is 3.17. The summed E-state index contributed by atoms with van der Waals surface area (Å²) in [6.45, 7) is 6.16. The van der Waals surface area contributed by atoms with E-state index < -0.39 is 5.97 Å². The van der Waals surface area contributed by atoms with Crippen LogP contribution in [-0.4, -0.2) is 11.1 Å². The minimum absolute atomic E-state index is 0.117. The van der Waals surface area contributed by atoms with Crippen LogP contribution in [0.3, 0.4) is 0 Å². The summed E-state index contributed by atoms with van der Waals surface area (Å²) in [6, 6.07) is 6.05. The molecule has 0 atom stereocenters. The summed E-state index contributed by atoms with van der Waals surface area (Å²) in [6.07, 6.45) is 0.117. The van der Waals surface area contributed by atoms with Crippen LogP contribution in [-0.2, 0) is 11.2 Å². The molecule has 0 radical (unpaired) electrons. The van der Waals surface area contributed by atoms with Crippen LogP contribution in [0.2, 0.25) is 0 Å². The molecule has 1 rings (SSSR count). The topological polar surface area (TPSA) is 37.3 Å². The van der Waals surface area contributed by atoms with E-state index in [1.807, 2.05) is 19.1 Å². The van der Waals surface area contributed by atoms with Gasteiger partial charge in [0, 0.05) is 0 Å². The summed E-state index contributed by atoms with van der Waals surface area (Å²) in [5, 5.41) is 8.72. The third kappa shape index (κ3) is 2.59. The third-order valence-corrected chi connectivity index (χ3v) is 2.38. The molecule has 0 aliphatic rings. The summed E-state index contributed by atoms with van der Waals surface area (Å²) in [7, 11) is 0. The highest BCUT2D eigenvalue weighted by atomic mass is 16.4.